The van der Waals surface area contributed by atoms with Gasteiger partial charge in [0.25, 0.3) is 0 Å². The van der Waals surface area contributed by atoms with Crippen molar-refractivity contribution in [3.63, 3.8) is 0 Å². The third-order valence-electron chi connectivity index (χ3n) is 3.20. The molecule has 98 valence electrons. The summed E-state index contributed by atoms with van der Waals surface area (Å²) >= 11 is 3.33. The van der Waals surface area contributed by atoms with Gasteiger partial charge in [-0.25, -0.2) is 0 Å². The van der Waals surface area contributed by atoms with Crippen LogP contribution in [0, 0.1) is 0 Å². The smallest absolute Gasteiger partial charge is 0.152 e. The van der Waals surface area contributed by atoms with E-state index < -0.39 is 0 Å². The maximum Gasteiger partial charge on any atom is 0.152 e. The normalized spacial score (nSPS) is 17.9. The number of aromatic nitrogens is 1. The van der Waals surface area contributed by atoms with Gasteiger partial charge in [0.1, 0.15) is 0 Å². The Labute approximate surface area is 116 Å². The molecule has 1 aromatic rings. The number of hydrogen-bond acceptors (Lipinski definition) is 4. The number of hydrogen-bond donors (Lipinski definition) is 1. The number of carbonyl (C=O) groups excluding carboxylic acids is 1. The van der Waals surface area contributed by atoms with Crippen LogP contribution in [0.15, 0.2) is 22.8 Å². The first-order valence-corrected chi connectivity index (χ1v) is 7.03. The van der Waals surface area contributed by atoms with Crippen LogP contribution >= 0.6 is 15.9 Å². The van der Waals surface area contributed by atoms with Crippen LogP contribution in [0.25, 0.3) is 0 Å². The standard InChI is InChI=1S/C13H18BrN3O/c14-10-1-2-12(16-8-10)7-13(18)9-17-5-3-11(15)4-6-17/h1-2,8,11H,3-7,9,15H2. The van der Waals surface area contributed by atoms with E-state index in [1.807, 2.05) is 12.1 Å². The number of ketones is 1. The summed E-state index contributed by atoms with van der Waals surface area (Å²) in [6.45, 7) is 2.38. The monoisotopic (exact) mass is 311 g/mol. The molecule has 0 radical (unpaired) electrons. The van der Waals surface area contributed by atoms with Crippen molar-refractivity contribution >= 4 is 21.7 Å². The molecule has 4 nitrogen and oxygen atoms in total. The Balaban J connectivity index is 1.80. The molecule has 2 rings (SSSR count). The molecule has 0 saturated carbocycles. The summed E-state index contributed by atoms with van der Waals surface area (Å²) in [4.78, 5) is 18.3. The molecule has 0 unspecified atom stereocenters. The molecule has 0 amide bonds. The third kappa shape index (κ3) is 4.15. The highest BCUT2D eigenvalue weighted by molar-refractivity contribution is 9.10. The maximum atomic E-state index is 11.9. The largest absolute Gasteiger partial charge is 0.328 e. The molecule has 1 aliphatic heterocycles. The summed E-state index contributed by atoms with van der Waals surface area (Å²) < 4.78 is 0.934. The van der Waals surface area contributed by atoms with Crippen molar-refractivity contribution < 1.29 is 4.79 Å². The Hall–Kier alpha value is -0.780. The molecule has 0 aliphatic carbocycles. The number of carbonyl (C=O) groups is 1. The number of nitrogens with zero attached hydrogens (tertiary/aromatic N) is 2. The highest BCUT2D eigenvalue weighted by atomic mass is 79.9. The minimum Gasteiger partial charge on any atom is -0.328 e. The second-order valence-electron chi connectivity index (χ2n) is 4.80. The van der Waals surface area contributed by atoms with E-state index in [2.05, 4.69) is 25.8 Å². The molecule has 5 heteroatoms. The number of pyridine rings is 1. The fraction of sp³-hybridized carbons (Fsp3) is 0.538. The molecule has 1 saturated heterocycles. The van der Waals surface area contributed by atoms with E-state index in [1.54, 1.807) is 6.20 Å². The van der Waals surface area contributed by atoms with Gasteiger partial charge in [0, 0.05) is 35.5 Å². The molecular weight excluding hydrogens is 294 g/mol. The van der Waals surface area contributed by atoms with Gasteiger partial charge in [-0.1, -0.05) is 0 Å². The first kappa shape index (κ1) is 13.6. The maximum absolute atomic E-state index is 11.9. The molecule has 0 bridgehead atoms. The quantitative estimate of drug-likeness (QED) is 0.912. The molecule has 1 aliphatic rings. The van der Waals surface area contributed by atoms with Crippen LogP contribution in [0.4, 0.5) is 0 Å². The average molecular weight is 312 g/mol. The van der Waals surface area contributed by atoms with Crippen LogP contribution in [-0.4, -0.2) is 41.3 Å². The highest BCUT2D eigenvalue weighted by Crippen LogP contribution is 2.10. The Morgan fingerprint density at radius 1 is 1.44 bits per heavy atom. The van der Waals surface area contributed by atoms with Gasteiger partial charge in [0.05, 0.1) is 13.0 Å². The van der Waals surface area contributed by atoms with Crippen molar-refractivity contribution in [2.45, 2.75) is 25.3 Å². The SMILES string of the molecule is NC1CCN(CC(=O)Cc2ccc(Br)cn2)CC1. The number of piperidine rings is 1. The van der Waals surface area contributed by atoms with E-state index in [-0.39, 0.29) is 5.78 Å². The van der Waals surface area contributed by atoms with E-state index in [0.717, 1.165) is 36.1 Å². The lowest BCUT2D eigenvalue weighted by molar-refractivity contribution is -0.119. The van der Waals surface area contributed by atoms with Gasteiger partial charge in [-0.15, -0.1) is 0 Å². The zero-order chi connectivity index (χ0) is 13.0. The fourth-order valence-corrected chi connectivity index (χ4v) is 2.36. The topological polar surface area (TPSA) is 59.2 Å². The van der Waals surface area contributed by atoms with Crippen molar-refractivity contribution in [3.05, 3.63) is 28.5 Å². The van der Waals surface area contributed by atoms with Crippen LogP contribution in [0.5, 0.6) is 0 Å². The molecule has 18 heavy (non-hydrogen) atoms. The Bertz CT molecular complexity index is 399. The van der Waals surface area contributed by atoms with Crippen molar-refractivity contribution in [2.24, 2.45) is 5.73 Å². The van der Waals surface area contributed by atoms with E-state index in [9.17, 15) is 4.79 Å². The van der Waals surface area contributed by atoms with Crippen LogP contribution in [-0.2, 0) is 11.2 Å². The number of nitrogens with two attached hydrogens (primary N) is 1. The summed E-state index contributed by atoms with van der Waals surface area (Å²) in [7, 11) is 0. The Morgan fingerprint density at radius 3 is 2.78 bits per heavy atom. The predicted octanol–water partition coefficient (Wildman–Crippen LogP) is 1.38. The second-order valence-corrected chi connectivity index (χ2v) is 5.71. The van der Waals surface area contributed by atoms with Crippen molar-refractivity contribution in [1.29, 1.82) is 0 Å². The van der Waals surface area contributed by atoms with Crippen molar-refractivity contribution in [2.75, 3.05) is 19.6 Å². The molecule has 0 spiro atoms. The summed E-state index contributed by atoms with van der Waals surface area (Å²) in [6.07, 6.45) is 4.12. The summed E-state index contributed by atoms with van der Waals surface area (Å²) in [5.74, 6) is 0.222. The van der Waals surface area contributed by atoms with Gasteiger partial charge in [0.15, 0.2) is 5.78 Å². The molecule has 1 fully saturated rings. The van der Waals surface area contributed by atoms with Crippen LogP contribution < -0.4 is 5.73 Å². The number of likely N-dealkylation sites (tertiary alicyclic amines) is 1. The van der Waals surface area contributed by atoms with Crippen LogP contribution in [0.3, 0.4) is 0 Å². The molecule has 0 aromatic carbocycles. The molecule has 0 atom stereocenters. The van der Waals surface area contributed by atoms with Gasteiger partial charge in [0.2, 0.25) is 0 Å². The van der Waals surface area contributed by atoms with Gasteiger partial charge < -0.3 is 5.73 Å². The van der Waals surface area contributed by atoms with E-state index in [4.69, 9.17) is 5.73 Å². The molecular formula is C13H18BrN3O. The molecule has 1 aromatic heterocycles. The predicted molar refractivity (Wildman–Crippen MR) is 74.3 cm³/mol. The first-order chi connectivity index (χ1) is 8.63. The number of rotatable bonds is 4. The van der Waals surface area contributed by atoms with E-state index in [1.165, 1.54) is 0 Å². The number of Topliss-reactive ketones (excluding diaryl/α,β-unsaturated/α-hetero) is 1. The zero-order valence-corrected chi connectivity index (χ0v) is 11.9. The first-order valence-electron chi connectivity index (χ1n) is 6.23. The van der Waals surface area contributed by atoms with E-state index >= 15 is 0 Å². The lowest BCUT2D eigenvalue weighted by Crippen LogP contribution is -2.42. The van der Waals surface area contributed by atoms with Crippen molar-refractivity contribution in [1.82, 2.24) is 9.88 Å². The summed E-state index contributed by atoms with van der Waals surface area (Å²) in [5.41, 5.74) is 6.67. The highest BCUT2D eigenvalue weighted by Gasteiger charge is 2.18. The fourth-order valence-electron chi connectivity index (χ4n) is 2.13. The lowest BCUT2D eigenvalue weighted by Gasteiger charge is -2.29. The van der Waals surface area contributed by atoms with Gasteiger partial charge >= 0.3 is 0 Å². The van der Waals surface area contributed by atoms with Crippen LogP contribution in [0.1, 0.15) is 18.5 Å². The van der Waals surface area contributed by atoms with Gasteiger partial charge in [-0.2, -0.15) is 0 Å². The van der Waals surface area contributed by atoms with Crippen LogP contribution in [0.2, 0.25) is 0 Å². The average Bonchev–Trinajstić information content (AvgIpc) is 2.35. The van der Waals surface area contributed by atoms with Crippen molar-refractivity contribution in [3.8, 4) is 0 Å². The third-order valence-corrected chi connectivity index (χ3v) is 3.67. The minimum atomic E-state index is 0.222. The second kappa shape index (κ2) is 6.41. The molecule has 2 N–H and O–H groups in total. The van der Waals surface area contributed by atoms with E-state index in [0.29, 0.717) is 19.0 Å². The van der Waals surface area contributed by atoms with Gasteiger partial charge in [-0.3, -0.25) is 14.7 Å². The minimum absolute atomic E-state index is 0.222. The lowest BCUT2D eigenvalue weighted by atomic mass is 10.1. The number of halogens is 1. The Kier molecular flexibility index (Phi) is 4.86. The summed E-state index contributed by atoms with van der Waals surface area (Å²) in [5, 5.41) is 0. The Morgan fingerprint density at radius 2 is 2.17 bits per heavy atom. The van der Waals surface area contributed by atoms with Gasteiger partial charge in [-0.05, 0) is 40.9 Å². The summed E-state index contributed by atoms with van der Waals surface area (Å²) in [6, 6.07) is 4.10. The zero-order valence-electron chi connectivity index (χ0n) is 10.3. The molecule has 2 heterocycles.